The van der Waals surface area contributed by atoms with Gasteiger partial charge in [-0.25, -0.2) is 0 Å². The average Bonchev–Trinajstić information content (AvgIpc) is 3.17. The Morgan fingerprint density at radius 1 is 0.516 bits per heavy atom. The second-order valence-corrected chi connectivity index (χ2v) is 8.61. The lowest BCUT2D eigenvalue weighted by atomic mass is 9.84. The van der Waals surface area contributed by atoms with Crippen molar-refractivity contribution in [2.75, 3.05) is 0 Å². The molecule has 0 aliphatic heterocycles. The molecule has 0 radical (unpaired) electrons. The Hall–Kier alpha value is -3.40. The van der Waals surface area contributed by atoms with Gasteiger partial charge in [-0.3, -0.25) is 19.2 Å². The minimum Gasteiger partial charge on any atom is -0.294 e. The number of aryl methyl sites for hydroxylation is 4. The summed E-state index contributed by atoms with van der Waals surface area (Å²) in [7, 11) is 0. The van der Waals surface area contributed by atoms with E-state index in [0.717, 1.165) is 44.5 Å². The lowest BCUT2D eigenvalue weighted by molar-refractivity contribution is -0.124. The molecule has 156 valence electrons. The SMILES string of the molecule is Cc1cc(Cc2cc(C)c(C3C(=O)C=CC3=O)c(C)c2)cc(C)c1C1C(=O)C=CC1=O. The number of hydrogen-bond acceptors (Lipinski definition) is 4. The van der Waals surface area contributed by atoms with Crippen LogP contribution in [0.3, 0.4) is 0 Å². The van der Waals surface area contributed by atoms with Crippen molar-refractivity contribution in [2.45, 2.75) is 46.0 Å². The summed E-state index contributed by atoms with van der Waals surface area (Å²) in [5.41, 5.74) is 7.52. The van der Waals surface area contributed by atoms with E-state index in [0.29, 0.717) is 6.42 Å². The number of carbonyl (C=O) groups is 4. The van der Waals surface area contributed by atoms with Crippen molar-refractivity contribution in [3.63, 3.8) is 0 Å². The van der Waals surface area contributed by atoms with Gasteiger partial charge in [0.1, 0.15) is 11.8 Å². The predicted octanol–water partition coefficient (Wildman–Crippen LogP) is 4.09. The second-order valence-electron chi connectivity index (χ2n) is 8.61. The van der Waals surface area contributed by atoms with E-state index in [1.54, 1.807) is 0 Å². The molecule has 0 amide bonds. The Bertz CT molecular complexity index is 1050. The van der Waals surface area contributed by atoms with Crippen molar-refractivity contribution in [3.8, 4) is 0 Å². The van der Waals surface area contributed by atoms with E-state index in [2.05, 4.69) is 0 Å². The lowest BCUT2D eigenvalue weighted by Gasteiger charge is -2.18. The van der Waals surface area contributed by atoms with Crippen LogP contribution in [0, 0.1) is 27.7 Å². The minimum atomic E-state index is -0.715. The van der Waals surface area contributed by atoms with Gasteiger partial charge in [0.2, 0.25) is 0 Å². The first kappa shape index (κ1) is 20.9. The molecule has 0 saturated heterocycles. The maximum absolute atomic E-state index is 12.2. The van der Waals surface area contributed by atoms with E-state index in [9.17, 15) is 19.2 Å². The molecule has 0 heterocycles. The van der Waals surface area contributed by atoms with Crippen LogP contribution < -0.4 is 0 Å². The molecule has 0 fully saturated rings. The third-order valence-corrected chi connectivity index (χ3v) is 6.25. The number of hydrogen-bond donors (Lipinski definition) is 0. The molecular weight excluding hydrogens is 388 g/mol. The van der Waals surface area contributed by atoms with Gasteiger partial charge in [0.25, 0.3) is 0 Å². The average molecular weight is 412 g/mol. The Kier molecular flexibility index (Phi) is 5.18. The van der Waals surface area contributed by atoms with Gasteiger partial charge in [-0.1, -0.05) is 24.3 Å². The predicted molar refractivity (Wildman–Crippen MR) is 118 cm³/mol. The summed E-state index contributed by atoms with van der Waals surface area (Å²) in [4.78, 5) is 48.7. The van der Waals surface area contributed by atoms with Crippen LogP contribution in [0.4, 0.5) is 0 Å². The Morgan fingerprint density at radius 3 is 1.03 bits per heavy atom. The Labute approximate surface area is 181 Å². The van der Waals surface area contributed by atoms with Gasteiger partial charge in [0.05, 0.1) is 0 Å². The summed E-state index contributed by atoms with van der Waals surface area (Å²) >= 11 is 0. The van der Waals surface area contributed by atoms with Crippen LogP contribution in [-0.2, 0) is 25.6 Å². The smallest absolute Gasteiger partial charge is 0.171 e. The highest BCUT2D eigenvalue weighted by molar-refractivity contribution is 6.23. The van der Waals surface area contributed by atoms with E-state index >= 15 is 0 Å². The second kappa shape index (κ2) is 7.69. The topological polar surface area (TPSA) is 68.3 Å². The highest BCUT2D eigenvalue weighted by Crippen LogP contribution is 2.33. The van der Waals surface area contributed by atoms with E-state index in [1.165, 1.54) is 24.3 Å². The van der Waals surface area contributed by atoms with Gasteiger partial charge in [0, 0.05) is 0 Å². The fourth-order valence-corrected chi connectivity index (χ4v) is 5.04. The van der Waals surface area contributed by atoms with Gasteiger partial charge in [-0.2, -0.15) is 0 Å². The maximum atomic E-state index is 12.2. The standard InChI is InChI=1S/C27H24O4/c1-14-9-18(10-15(2)24(14)26-20(28)5-6-21(26)29)13-19-11-16(3)25(17(4)12-19)27-22(30)7-8-23(27)31/h5-12,26-27H,13H2,1-4H3. The van der Waals surface area contributed by atoms with Gasteiger partial charge in [0.15, 0.2) is 23.1 Å². The van der Waals surface area contributed by atoms with Gasteiger partial charge in [-0.15, -0.1) is 0 Å². The molecule has 0 unspecified atom stereocenters. The van der Waals surface area contributed by atoms with Crippen LogP contribution >= 0.6 is 0 Å². The highest BCUT2D eigenvalue weighted by atomic mass is 16.2. The summed E-state index contributed by atoms with van der Waals surface area (Å²) in [6.45, 7) is 7.76. The molecule has 0 bridgehead atoms. The summed E-state index contributed by atoms with van der Waals surface area (Å²) in [5.74, 6) is -2.05. The summed E-state index contributed by atoms with van der Waals surface area (Å²) < 4.78 is 0. The Balaban J connectivity index is 1.64. The van der Waals surface area contributed by atoms with Crippen LogP contribution in [-0.4, -0.2) is 23.1 Å². The fraction of sp³-hybridized carbons (Fsp3) is 0.259. The van der Waals surface area contributed by atoms with Crippen molar-refractivity contribution >= 4 is 23.1 Å². The van der Waals surface area contributed by atoms with Crippen LogP contribution in [0.2, 0.25) is 0 Å². The quantitative estimate of drug-likeness (QED) is 0.709. The molecule has 0 spiro atoms. The zero-order valence-corrected chi connectivity index (χ0v) is 18.1. The third kappa shape index (κ3) is 3.63. The molecule has 4 rings (SSSR count). The molecular formula is C27H24O4. The first-order valence-electron chi connectivity index (χ1n) is 10.4. The van der Waals surface area contributed by atoms with E-state index < -0.39 is 11.8 Å². The molecule has 4 heteroatoms. The largest absolute Gasteiger partial charge is 0.294 e. The van der Waals surface area contributed by atoms with Gasteiger partial charge >= 0.3 is 0 Å². The number of allylic oxidation sites excluding steroid dienone is 4. The minimum absolute atomic E-state index is 0.156. The summed E-state index contributed by atoms with van der Waals surface area (Å²) in [5, 5.41) is 0. The summed E-state index contributed by atoms with van der Waals surface area (Å²) in [6, 6.07) is 8.14. The molecule has 0 atom stereocenters. The highest BCUT2D eigenvalue weighted by Gasteiger charge is 2.33. The first-order chi connectivity index (χ1) is 14.7. The van der Waals surface area contributed by atoms with E-state index in [-0.39, 0.29) is 23.1 Å². The van der Waals surface area contributed by atoms with Gasteiger partial charge in [-0.05, 0) is 103 Å². The molecule has 0 N–H and O–H groups in total. The molecule has 0 aromatic heterocycles. The first-order valence-corrected chi connectivity index (χ1v) is 10.4. The van der Waals surface area contributed by atoms with Crippen LogP contribution in [0.1, 0.15) is 56.3 Å². The number of carbonyl (C=O) groups excluding carboxylic acids is 4. The van der Waals surface area contributed by atoms with Crippen molar-refractivity contribution in [1.29, 1.82) is 0 Å². The van der Waals surface area contributed by atoms with Crippen molar-refractivity contribution in [3.05, 3.63) is 93.1 Å². The fourth-order valence-electron chi connectivity index (χ4n) is 5.04. The van der Waals surface area contributed by atoms with Gasteiger partial charge < -0.3 is 0 Å². The van der Waals surface area contributed by atoms with Crippen LogP contribution in [0.15, 0.2) is 48.6 Å². The molecule has 31 heavy (non-hydrogen) atoms. The van der Waals surface area contributed by atoms with Crippen LogP contribution in [0.5, 0.6) is 0 Å². The Morgan fingerprint density at radius 2 is 0.774 bits per heavy atom. The number of benzene rings is 2. The molecule has 2 aliphatic carbocycles. The zero-order chi connectivity index (χ0) is 22.4. The molecule has 0 saturated carbocycles. The molecule has 4 nitrogen and oxygen atoms in total. The number of ketones is 4. The number of rotatable bonds is 4. The zero-order valence-electron chi connectivity index (χ0n) is 18.1. The van der Waals surface area contributed by atoms with Crippen molar-refractivity contribution in [1.82, 2.24) is 0 Å². The van der Waals surface area contributed by atoms with Crippen LogP contribution in [0.25, 0.3) is 0 Å². The lowest BCUT2D eigenvalue weighted by Crippen LogP contribution is -2.16. The van der Waals surface area contributed by atoms with E-state index in [4.69, 9.17) is 0 Å². The third-order valence-electron chi connectivity index (χ3n) is 6.25. The monoisotopic (exact) mass is 412 g/mol. The van der Waals surface area contributed by atoms with E-state index in [1.807, 2.05) is 52.0 Å². The molecule has 2 aliphatic rings. The van der Waals surface area contributed by atoms with Crippen molar-refractivity contribution < 1.29 is 19.2 Å². The molecule has 2 aromatic rings. The normalized spacial score (nSPS) is 16.9. The maximum Gasteiger partial charge on any atom is 0.171 e. The summed E-state index contributed by atoms with van der Waals surface area (Å²) in [6.07, 6.45) is 6.13. The molecule has 2 aromatic carbocycles. The van der Waals surface area contributed by atoms with Crippen molar-refractivity contribution in [2.24, 2.45) is 0 Å².